The van der Waals surface area contributed by atoms with E-state index in [0.29, 0.717) is 10.8 Å². The summed E-state index contributed by atoms with van der Waals surface area (Å²) in [6.45, 7) is 3.65. The number of rotatable bonds is 4. The molecule has 2 rings (SSSR count). The molecule has 1 fully saturated rings. The number of piperidine rings is 1. The van der Waals surface area contributed by atoms with Gasteiger partial charge in [0.25, 0.3) is 5.91 Å². The highest BCUT2D eigenvalue weighted by molar-refractivity contribution is 7.12. The lowest BCUT2D eigenvalue weighted by molar-refractivity contribution is -0.133. The molecule has 1 atom stereocenters. The molecule has 0 radical (unpaired) electrons. The van der Waals surface area contributed by atoms with Crippen LogP contribution >= 0.6 is 11.3 Å². The summed E-state index contributed by atoms with van der Waals surface area (Å²) < 4.78 is 0. The van der Waals surface area contributed by atoms with Crippen LogP contribution in [-0.4, -0.2) is 54.3 Å². The summed E-state index contributed by atoms with van der Waals surface area (Å²) in [4.78, 5) is 28.4. The van der Waals surface area contributed by atoms with Crippen LogP contribution in [0, 0.1) is 5.92 Å². The monoisotopic (exact) mass is 309 g/mol. The second-order valence-electron chi connectivity index (χ2n) is 5.72. The second-order valence-corrected chi connectivity index (χ2v) is 6.66. The third kappa shape index (κ3) is 4.04. The van der Waals surface area contributed by atoms with Gasteiger partial charge in [-0.2, -0.15) is 0 Å². The van der Waals surface area contributed by atoms with Crippen molar-refractivity contribution in [2.75, 3.05) is 26.7 Å². The molecule has 0 aliphatic carbocycles. The minimum atomic E-state index is -0.0937. The van der Waals surface area contributed by atoms with Crippen molar-refractivity contribution in [1.29, 1.82) is 0 Å². The lowest BCUT2D eigenvalue weighted by Gasteiger charge is -2.34. The first-order valence-electron chi connectivity index (χ1n) is 7.31. The Morgan fingerprint density at radius 3 is 2.67 bits per heavy atom. The molecular weight excluding hydrogens is 286 g/mol. The maximum absolute atomic E-state index is 12.3. The van der Waals surface area contributed by atoms with Crippen molar-refractivity contribution < 1.29 is 9.59 Å². The number of hydrogen-bond donors (Lipinski definition) is 1. The molecule has 1 aliphatic heterocycles. The normalized spacial score (nSPS) is 17.6. The van der Waals surface area contributed by atoms with E-state index in [2.05, 4.69) is 0 Å². The van der Waals surface area contributed by atoms with E-state index in [1.807, 2.05) is 23.3 Å². The molecule has 6 heteroatoms. The zero-order valence-corrected chi connectivity index (χ0v) is 13.4. The van der Waals surface area contributed by atoms with Crippen LogP contribution in [0.4, 0.5) is 0 Å². The van der Waals surface area contributed by atoms with Gasteiger partial charge in [0.2, 0.25) is 5.91 Å². The largest absolute Gasteiger partial charge is 0.341 e. The van der Waals surface area contributed by atoms with Gasteiger partial charge in [0.05, 0.1) is 11.4 Å². The van der Waals surface area contributed by atoms with E-state index < -0.39 is 0 Å². The van der Waals surface area contributed by atoms with Crippen molar-refractivity contribution >= 4 is 23.2 Å². The van der Waals surface area contributed by atoms with Gasteiger partial charge in [-0.15, -0.1) is 11.3 Å². The van der Waals surface area contributed by atoms with Crippen molar-refractivity contribution in [2.45, 2.75) is 25.8 Å². The van der Waals surface area contributed by atoms with Crippen LogP contribution in [0.25, 0.3) is 0 Å². The molecule has 2 heterocycles. The maximum atomic E-state index is 12.3. The Bertz CT molecular complexity index is 479. The third-order valence-electron chi connectivity index (χ3n) is 4.09. The number of nitrogens with two attached hydrogens (primary N) is 1. The maximum Gasteiger partial charge on any atom is 0.264 e. The molecule has 2 amide bonds. The van der Waals surface area contributed by atoms with E-state index in [-0.39, 0.29) is 24.4 Å². The Morgan fingerprint density at radius 2 is 2.14 bits per heavy atom. The van der Waals surface area contributed by atoms with E-state index >= 15 is 0 Å². The highest BCUT2D eigenvalue weighted by Gasteiger charge is 2.26. The Kier molecular flexibility index (Phi) is 5.36. The van der Waals surface area contributed by atoms with Crippen LogP contribution in [0.2, 0.25) is 0 Å². The molecule has 2 N–H and O–H groups in total. The second kappa shape index (κ2) is 7.04. The first-order valence-corrected chi connectivity index (χ1v) is 8.19. The summed E-state index contributed by atoms with van der Waals surface area (Å²) in [5.74, 6) is 0.425. The Morgan fingerprint density at radius 1 is 1.48 bits per heavy atom. The van der Waals surface area contributed by atoms with Crippen LogP contribution in [0.5, 0.6) is 0 Å². The van der Waals surface area contributed by atoms with Crippen LogP contribution in [0.15, 0.2) is 17.5 Å². The molecule has 116 valence electrons. The van der Waals surface area contributed by atoms with Crippen molar-refractivity contribution in [3.63, 3.8) is 0 Å². The smallest absolute Gasteiger partial charge is 0.264 e. The quantitative estimate of drug-likeness (QED) is 0.914. The summed E-state index contributed by atoms with van der Waals surface area (Å²) in [5.41, 5.74) is 5.91. The summed E-state index contributed by atoms with van der Waals surface area (Å²) in [6.07, 6.45) is 1.90. The molecule has 1 saturated heterocycles. The van der Waals surface area contributed by atoms with Gasteiger partial charge in [0, 0.05) is 26.2 Å². The molecule has 1 aliphatic rings. The average Bonchev–Trinajstić information content (AvgIpc) is 3.00. The zero-order chi connectivity index (χ0) is 15.4. The molecule has 1 unspecified atom stereocenters. The summed E-state index contributed by atoms with van der Waals surface area (Å²) in [6, 6.07) is 3.80. The van der Waals surface area contributed by atoms with Crippen molar-refractivity contribution in [3.8, 4) is 0 Å². The molecule has 1 aromatic heterocycles. The molecule has 0 aromatic carbocycles. The molecule has 0 saturated carbocycles. The predicted molar refractivity (Wildman–Crippen MR) is 84.2 cm³/mol. The van der Waals surface area contributed by atoms with Crippen LogP contribution in [-0.2, 0) is 4.79 Å². The number of nitrogens with zero attached hydrogens (tertiary/aromatic N) is 2. The number of likely N-dealkylation sites (tertiary alicyclic amines) is 1. The highest BCUT2D eigenvalue weighted by Crippen LogP contribution is 2.19. The zero-order valence-electron chi connectivity index (χ0n) is 12.6. The average molecular weight is 309 g/mol. The summed E-state index contributed by atoms with van der Waals surface area (Å²) in [5, 5.41) is 1.86. The van der Waals surface area contributed by atoms with Crippen molar-refractivity contribution in [3.05, 3.63) is 22.4 Å². The lowest BCUT2D eigenvalue weighted by Crippen LogP contribution is -2.46. The van der Waals surface area contributed by atoms with Gasteiger partial charge in [-0.25, -0.2) is 0 Å². The number of carbonyl (C=O) groups excluding carboxylic acids is 2. The Balaban J connectivity index is 1.83. The topological polar surface area (TPSA) is 66.6 Å². The number of thiophene rings is 1. The highest BCUT2D eigenvalue weighted by atomic mass is 32.1. The van der Waals surface area contributed by atoms with Gasteiger partial charge in [-0.3, -0.25) is 9.59 Å². The van der Waals surface area contributed by atoms with Gasteiger partial charge in [-0.1, -0.05) is 6.07 Å². The van der Waals surface area contributed by atoms with E-state index in [0.717, 1.165) is 25.9 Å². The number of hydrogen-bond acceptors (Lipinski definition) is 4. The van der Waals surface area contributed by atoms with Crippen LogP contribution < -0.4 is 5.73 Å². The van der Waals surface area contributed by atoms with Crippen molar-refractivity contribution in [2.24, 2.45) is 11.7 Å². The molecular formula is C15H23N3O2S. The lowest BCUT2D eigenvalue weighted by atomic mass is 9.91. The standard InChI is InChI=1S/C15H23N3O2S/c1-11(16)12-5-7-18(8-6-12)14(19)10-17(2)15(20)13-4-3-9-21-13/h3-4,9,11-12H,5-8,10,16H2,1-2H3. The van der Waals surface area contributed by atoms with Gasteiger partial charge < -0.3 is 15.5 Å². The Hall–Kier alpha value is -1.40. The fourth-order valence-electron chi connectivity index (χ4n) is 2.64. The minimum Gasteiger partial charge on any atom is -0.341 e. The molecule has 5 nitrogen and oxygen atoms in total. The summed E-state index contributed by atoms with van der Waals surface area (Å²) >= 11 is 1.40. The van der Waals surface area contributed by atoms with Crippen molar-refractivity contribution in [1.82, 2.24) is 9.80 Å². The molecule has 0 spiro atoms. The molecule has 21 heavy (non-hydrogen) atoms. The van der Waals surface area contributed by atoms with E-state index in [1.54, 1.807) is 13.1 Å². The fourth-order valence-corrected chi connectivity index (χ4v) is 3.36. The summed E-state index contributed by atoms with van der Waals surface area (Å²) in [7, 11) is 1.68. The minimum absolute atomic E-state index is 0.0190. The van der Waals surface area contributed by atoms with Crippen LogP contribution in [0.1, 0.15) is 29.4 Å². The third-order valence-corrected chi connectivity index (χ3v) is 4.94. The number of carbonyl (C=O) groups is 2. The fraction of sp³-hybridized carbons (Fsp3) is 0.600. The Labute approximate surface area is 129 Å². The van der Waals surface area contributed by atoms with E-state index in [9.17, 15) is 9.59 Å². The van der Waals surface area contributed by atoms with Crippen LogP contribution in [0.3, 0.4) is 0 Å². The van der Waals surface area contributed by atoms with E-state index in [4.69, 9.17) is 5.73 Å². The first kappa shape index (κ1) is 16.0. The van der Waals surface area contributed by atoms with Gasteiger partial charge in [-0.05, 0) is 37.1 Å². The SMILES string of the molecule is CC(N)C1CCN(C(=O)CN(C)C(=O)c2cccs2)CC1. The van der Waals surface area contributed by atoms with Gasteiger partial charge >= 0.3 is 0 Å². The number of amides is 2. The van der Waals surface area contributed by atoms with Gasteiger partial charge in [0.15, 0.2) is 0 Å². The molecule has 1 aromatic rings. The van der Waals surface area contributed by atoms with E-state index in [1.165, 1.54) is 16.2 Å². The predicted octanol–water partition coefficient (Wildman–Crippen LogP) is 1.41. The first-order chi connectivity index (χ1) is 9.99. The molecule has 0 bridgehead atoms. The van der Waals surface area contributed by atoms with Gasteiger partial charge in [0.1, 0.15) is 0 Å². The number of likely N-dealkylation sites (N-methyl/N-ethyl adjacent to an activating group) is 1.